The van der Waals surface area contributed by atoms with Crippen molar-refractivity contribution in [3.63, 3.8) is 0 Å². The maximum atomic E-state index is 10.0. The molecule has 4 aromatic carbocycles. The Morgan fingerprint density at radius 1 is 0.806 bits per heavy atom. The molecule has 0 amide bonds. The van der Waals surface area contributed by atoms with Gasteiger partial charge in [0.2, 0.25) is 0 Å². The van der Waals surface area contributed by atoms with Crippen LogP contribution >= 0.6 is 12.4 Å². The number of phenolic OH excluding ortho intramolecular Hbond substituents is 1. The Balaban J connectivity index is 0.00000304. The summed E-state index contributed by atoms with van der Waals surface area (Å²) in [7, 11) is 1.66. The van der Waals surface area contributed by atoms with Gasteiger partial charge in [-0.3, -0.25) is 4.90 Å². The summed E-state index contributed by atoms with van der Waals surface area (Å²) in [4.78, 5) is 2.47. The minimum absolute atomic E-state index is 0. The van der Waals surface area contributed by atoms with Crippen molar-refractivity contribution in [2.75, 3.05) is 33.4 Å². The molecule has 0 bridgehead atoms. The van der Waals surface area contributed by atoms with Crippen LogP contribution in [0.2, 0.25) is 0 Å². The Hall–Kier alpha value is -3.41. The summed E-state index contributed by atoms with van der Waals surface area (Å²) < 4.78 is 17.8. The maximum absolute atomic E-state index is 10.0. The van der Waals surface area contributed by atoms with Gasteiger partial charge in [0.15, 0.2) is 0 Å². The van der Waals surface area contributed by atoms with E-state index in [9.17, 15) is 5.11 Å². The van der Waals surface area contributed by atoms with Crippen LogP contribution in [0.25, 0.3) is 21.9 Å². The van der Waals surface area contributed by atoms with Crippen molar-refractivity contribution >= 4 is 23.2 Å². The fourth-order valence-electron chi connectivity index (χ4n) is 4.61. The van der Waals surface area contributed by atoms with Gasteiger partial charge in [0.25, 0.3) is 0 Å². The molecule has 36 heavy (non-hydrogen) atoms. The molecule has 1 fully saturated rings. The van der Waals surface area contributed by atoms with Gasteiger partial charge in [-0.1, -0.05) is 24.6 Å². The molecule has 1 heterocycles. The average molecular weight is 506 g/mol. The summed E-state index contributed by atoms with van der Waals surface area (Å²) >= 11 is 0. The van der Waals surface area contributed by atoms with Crippen molar-refractivity contribution in [3.8, 4) is 39.9 Å². The summed E-state index contributed by atoms with van der Waals surface area (Å²) in [5.74, 6) is 3.30. The van der Waals surface area contributed by atoms with Crippen LogP contribution in [0.4, 0.5) is 0 Å². The van der Waals surface area contributed by atoms with E-state index in [0.717, 1.165) is 51.4 Å². The molecular formula is C30H32ClNO4. The number of benzene rings is 4. The minimum Gasteiger partial charge on any atom is -0.508 e. The Kier molecular flexibility index (Phi) is 8.57. The van der Waals surface area contributed by atoms with Gasteiger partial charge in [0.1, 0.15) is 35.4 Å². The van der Waals surface area contributed by atoms with E-state index in [0.29, 0.717) is 6.61 Å². The molecule has 0 atom stereocenters. The number of phenols is 1. The van der Waals surface area contributed by atoms with Crippen molar-refractivity contribution in [3.05, 3.63) is 78.9 Å². The Bertz CT molecular complexity index is 1290. The van der Waals surface area contributed by atoms with Crippen molar-refractivity contribution in [2.45, 2.75) is 19.3 Å². The second-order valence-electron chi connectivity index (χ2n) is 8.90. The van der Waals surface area contributed by atoms with Crippen LogP contribution in [0.3, 0.4) is 0 Å². The van der Waals surface area contributed by atoms with Crippen LogP contribution < -0.4 is 14.2 Å². The van der Waals surface area contributed by atoms with E-state index < -0.39 is 0 Å². The fourth-order valence-corrected chi connectivity index (χ4v) is 4.61. The number of rotatable bonds is 8. The topological polar surface area (TPSA) is 51.2 Å². The molecule has 5 rings (SSSR count). The number of ether oxygens (including phenoxy) is 3. The van der Waals surface area contributed by atoms with Gasteiger partial charge in [0, 0.05) is 17.5 Å². The first-order valence-electron chi connectivity index (χ1n) is 12.2. The molecule has 0 spiro atoms. The number of halogens is 1. The predicted molar refractivity (Wildman–Crippen MR) is 147 cm³/mol. The third kappa shape index (κ3) is 6.04. The first-order valence-corrected chi connectivity index (χ1v) is 12.2. The summed E-state index contributed by atoms with van der Waals surface area (Å²) in [5.41, 5.74) is 1.79. The molecule has 0 radical (unpaired) electrons. The molecule has 0 unspecified atom stereocenters. The molecule has 5 nitrogen and oxygen atoms in total. The number of methoxy groups -OCH3 is 1. The zero-order chi connectivity index (χ0) is 24.0. The number of nitrogens with zero attached hydrogens (tertiary/aromatic N) is 1. The lowest BCUT2D eigenvalue weighted by Gasteiger charge is -2.26. The highest BCUT2D eigenvalue weighted by Gasteiger charge is 2.14. The number of piperidine rings is 1. The predicted octanol–water partition coefficient (Wildman–Crippen LogP) is 7.30. The molecular weight excluding hydrogens is 474 g/mol. The number of aromatic hydroxyl groups is 1. The highest BCUT2D eigenvalue weighted by Crippen LogP contribution is 2.41. The molecule has 1 aliphatic rings. The maximum Gasteiger partial charge on any atom is 0.143 e. The summed E-state index contributed by atoms with van der Waals surface area (Å²) in [6.45, 7) is 4.00. The van der Waals surface area contributed by atoms with Crippen molar-refractivity contribution in [2.24, 2.45) is 0 Å². The van der Waals surface area contributed by atoms with Gasteiger partial charge in [-0.15, -0.1) is 12.4 Å². The second kappa shape index (κ2) is 12.0. The number of hydrogen-bond donors (Lipinski definition) is 1. The molecule has 188 valence electrons. The standard InChI is InChI=1S/C30H31NO4.ClH/c1-33-27-13-15-29-23(21-27)8-14-28(22-6-5-7-24(32)20-22)30(29)35-26-11-9-25(10-12-26)34-19-18-31-16-3-2-4-17-31;/h5-15,20-21,32H,2-4,16-19H2,1H3;1H. The summed E-state index contributed by atoms with van der Waals surface area (Å²) in [6, 6.07) is 25.0. The molecule has 0 saturated carbocycles. The van der Waals surface area contributed by atoms with Crippen LogP contribution in [-0.2, 0) is 0 Å². The third-order valence-corrected chi connectivity index (χ3v) is 6.50. The number of fused-ring (bicyclic) bond motifs is 1. The van der Waals surface area contributed by atoms with E-state index in [1.54, 1.807) is 19.2 Å². The Morgan fingerprint density at radius 3 is 2.31 bits per heavy atom. The quantitative estimate of drug-likeness (QED) is 0.272. The monoisotopic (exact) mass is 505 g/mol. The van der Waals surface area contributed by atoms with Crippen LogP contribution in [0.1, 0.15) is 19.3 Å². The highest BCUT2D eigenvalue weighted by molar-refractivity contribution is 5.96. The summed E-state index contributed by atoms with van der Waals surface area (Å²) in [6.07, 6.45) is 3.92. The molecule has 0 aromatic heterocycles. The summed E-state index contributed by atoms with van der Waals surface area (Å²) in [5, 5.41) is 12.0. The number of likely N-dealkylation sites (tertiary alicyclic amines) is 1. The normalized spacial score (nSPS) is 13.7. The SMILES string of the molecule is COc1ccc2c(Oc3ccc(OCCN4CCCCC4)cc3)c(-c3cccc(O)c3)ccc2c1.Cl. The van der Waals surface area contributed by atoms with Gasteiger partial charge in [-0.05, 0) is 97.5 Å². The van der Waals surface area contributed by atoms with E-state index >= 15 is 0 Å². The van der Waals surface area contributed by atoms with Gasteiger partial charge in [-0.25, -0.2) is 0 Å². The minimum atomic E-state index is 0. The molecule has 6 heteroatoms. The molecule has 4 aromatic rings. The van der Waals surface area contributed by atoms with E-state index in [-0.39, 0.29) is 18.2 Å². The highest BCUT2D eigenvalue weighted by atomic mass is 35.5. The Morgan fingerprint density at radius 2 is 1.56 bits per heavy atom. The molecule has 1 saturated heterocycles. The van der Waals surface area contributed by atoms with E-state index in [1.165, 1.54) is 32.4 Å². The van der Waals surface area contributed by atoms with Crippen LogP contribution in [-0.4, -0.2) is 43.4 Å². The molecule has 1 N–H and O–H groups in total. The van der Waals surface area contributed by atoms with Crippen LogP contribution in [0.15, 0.2) is 78.9 Å². The molecule has 0 aliphatic carbocycles. The average Bonchev–Trinajstić information content (AvgIpc) is 2.90. The van der Waals surface area contributed by atoms with Gasteiger partial charge >= 0.3 is 0 Å². The number of hydrogen-bond acceptors (Lipinski definition) is 5. The van der Waals surface area contributed by atoms with Crippen LogP contribution in [0, 0.1) is 0 Å². The zero-order valence-electron chi connectivity index (χ0n) is 20.5. The van der Waals surface area contributed by atoms with Crippen molar-refractivity contribution in [1.82, 2.24) is 4.90 Å². The van der Waals surface area contributed by atoms with E-state index in [2.05, 4.69) is 4.90 Å². The van der Waals surface area contributed by atoms with Gasteiger partial charge < -0.3 is 19.3 Å². The lowest BCUT2D eigenvalue weighted by molar-refractivity contribution is 0.183. The largest absolute Gasteiger partial charge is 0.508 e. The fraction of sp³-hybridized carbons (Fsp3) is 0.267. The lowest BCUT2D eigenvalue weighted by Crippen LogP contribution is -2.33. The van der Waals surface area contributed by atoms with E-state index in [4.69, 9.17) is 14.2 Å². The zero-order valence-corrected chi connectivity index (χ0v) is 21.3. The smallest absolute Gasteiger partial charge is 0.143 e. The van der Waals surface area contributed by atoms with E-state index in [1.807, 2.05) is 66.7 Å². The van der Waals surface area contributed by atoms with Gasteiger partial charge in [-0.2, -0.15) is 0 Å². The first kappa shape index (κ1) is 25.7. The first-order chi connectivity index (χ1) is 17.2. The molecule has 1 aliphatic heterocycles. The third-order valence-electron chi connectivity index (χ3n) is 6.50. The Labute approximate surface area is 218 Å². The van der Waals surface area contributed by atoms with Crippen molar-refractivity contribution < 1.29 is 19.3 Å². The van der Waals surface area contributed by atoms with Gasteiger partial charge in [0.05, 0.1) is 7.11 Å². The second-order valence-corrected chi connectivity index (χ2v) is 8.90. The van der Waals surface area contributed by atoms with Crippen LogP contribution in [0.5, 0.6) is 28.7 Å². The lowest BCUT2D eigenvalue weighted by atomic mass is 9.99. The van der Waals surface area contributed by atoms with Crippen molar-refractivity contribution in [1.29, 1.82) is 0 Å².